The van der Waals surface area contributed by atoms with Gasteiger partial charge >= 0.3 is 0 Å². The van der Waals surface area contributed by atoms with E-state index in [4.69, 9.17) is 0 Å². The van der Waals surface area contributed by atoms with Gasteiger partial charge < -0.3 is 4.57 Å². The molecule has 0 unspecified atom stereocenters. The van der Waals surface area contributed by atoms with Crippen molar-refractivity contribution in [3.8, 4) is 10.4 Å². The van der Waals surface area contributed by atoms with Crippen LogP contribution in [-0.4, -0.2) is 19.1 Å². The van der Waals surface area contributed by atoms with Crippen LogP contribution in [-0.2, 0) is 13.1 Å². The smallest absolute Gasteiger partial charge is 0.271 e. The zero-order chi connectivity index (χ0) is 19.0. The van der Waals surface area contributed by atoms with E-state index in [1.807, 2.05) is 6.07 Å². The van der Waals surface area contributed by atoms with E-state index < -0.39 is 0 Å². The highest BCUT2D eigenvalue weighted by atomic mass is 32.1. The summed E-state index contributed by atoms with van der Waals surface area (Å²) in [6.07, 6.45) is 5.17. The first-order chi connectivity index (χ1) is 13.0. The molecule has 27 heavy (non-hydrogen) atoms. The molecule has 0 saturated carbocycles. The predicted octanol–water partition coefficient (Wildman–Crippen LogP) is 4.16. The summed E-state index contributed by atoms with van der Waals surface area (Å²) in [5.41, 5.74) is 2.44. The summed E-state index contributed by atoms with van der Waals surface area (Å²) in [5.74, 6) is 0.212. The lowest BCUT2D eigenvalue weighted by Gasteiger charge is -2.11. The lowest BCUT2D eigenvalue weighted by Crippen LogP contribution is -2.22. The Bertz CT molecular complexity index is 1140. The van der Waals surface area contributed by atoms with E-state index in [2.05, 4.69) is 28.4 Å². The molecule has 0 atom stereocenters. The van der Waals surface area contributed by atoms with Crippen LogP contribution < -0.4 is 5.56 Å². The molecule has 0 aliphatic heterocycles. The molecule has 0 radical (unpaired) electrons. The van der Waals surface area contributed by atoms with Gasteiger partial charge in [0.25, 0.3) is 5.56 Å². The Morgan fingerprint density at radius 1 is 1.15 bits per heavy atom. The molecule has 0 spiro atoms. The Labute approximate surface area is 159 Å². The number of rotatable bonds is 5. The Morgan fingerprint density at radius 3 is 2.67 bits per heavy atom. The molecule has 0 amide bonds. The van der Waals surface area contributed by atoms with Crippen LogP contribution in [0.25, 0.3) is 20.7 Å². The Kier molecular flexibility index (Phi) is 4.61. The van der Waals surface area contributed by atoms with Crippen LogP contribution in [0.4, 0.5) is 4.39 Å². The number of hydrogen-bond donors (Lipinski definition) is 0. The molecular formula is C20H19FN4OS. The van der Waals surface area contributed by atoms with Crippen LogP contribution in [0.5, 0.6) is 0 Å². The lowest BCUT2D eigenvalue weighted by molar-refractivity contribution is 0.502. The number of hydrogen-bond acceptors (Lipinski definition) is 4. The van der Waals surface area contributed by atoms with Crippen molar-refractivity contribution in [2.24, 2.45) is 5.92 Å². The van der Waals surface area contributed by atoms with Crippen LogP contribution in [0, 0.1) is 11.7 Å². The van der Waals surface area contributed by atoms with Crippen molar-refractivity contribution in [3.05, 3.63) is 71.0 Å². The van der Waals surface area contributed by atoms with Gasteiger partial charge in [-0.3, -0.25) is 9.36 Å². The summed E-state index contributed by atoms with van der Waals surface area (Å²) in [4.78, 5) is 22.5. The van der Waals surface area contributed by atoms with Gasteiger partial charge in [-0.1, -0.05) is 26.0 Å². The van der Waals surface area contributed by atoms with Crippen molar-refractivity contribution in [2.45, 2.75) is 26.9 Å². The van der Waals surface area contributed by atoms with Gasteiger partial charge in [-0.25, -0.2) is 14.4 Å². The van der Waals surface area contributed by atoms with E-state index in [1.54, 1.807) is 35.6 Å². The van der Waals surface area contributed by atoms with Gasteiger partial charge in [-0.05, 0) is 29.7 Å². The number of imidazole rings is 1. The normalized spacial score (nSPS) is 11.6. The Balaban J connectivity index is 1.69. The highest BCUT2D eigenvalue weighted by Crippen LogP contribution is 2.30. The number of halogens is 1. The van der Waals surface area contributed by atoms with Gasteiger partial charge in [0.1, 0.15) is 10.5 Å². The van der Waals surface area contributed by atoms with Crippen LogP contribution in [0.3, 0.4) is 0 Å². The molecular weight excluding hydrogens is 363 g/mol. The first kappa shape index (κ1) is 17.6. The highest BCUT2D eigenvalue weighted by Gasteiger charge is 2.12. The SMILES string of the molecule is CC(C)Cn1cncc1Cn1cnc2cc(-c3ccc(F)cc3)sc2c1=O. The molecule has 0 aliphatic carbocycles. The van der Waals surface area contributed by atoms with E-state index in [-0.39, 0.29) is 11.4 Å². The molecule has 0 bridgehead atoms. The second kappa shape index (κ2) is 7.08. The van der Waals surface area contributed by atoms with Crippen LogP contribution in [0.15, 0.2) is 54.0 Å². The van der Waals surface area contributed by atoms with E-state index in [0.29, 0.717) is 22.7 Å². The van der Waals surface area contributed by atoms with Crippen LogP contribution in [0.1, 0.15) is 19.5 Å². The quantitative estimate of drug-likeness (QED) is 0.521. The minimum Gasteiger partial charge on any atom is -0.333 e. The van der Waals surface area contributed by atoms with Crippen molar-refractivity contribution in [3.63, 3.8) is 0 Å². The molecule has 4 aromatic rings. The molecule has 3 aromatic heterocycles. The predicted molar refractivity (Wildman–Crippen MR) is 105 cm³/mol. The molecule has 7 heteroatoms. The summed E-state index contributed by atoms with van der Waals surface area (Å²) < 4.78 is 17.4. The molecule has 0 aliphatic rings. The second-order valence-corrected chi connectivity index (χ2v) is 7.99. The molecule has 0 N–H and O–H groups in total. The fraction of sp³-hybridized carbons (Fsp3) is 0.250. The molecule has 5 nitrogen and oxygen atoms in total. The van der Waals surface area contributed by atoms with Crippen LogP contribution >= 0.6 is 11.3 Å². The topological polar surface area (TPSA) is 52.7 Å². The van der Waals surface area contributed by atoms with Crippen molar-refractivity contribution < 1.29 is 4.39 Å². The molecule has 4 rings (SSSR count). The van der Waals surface area contributed by atoms with E-state index in [9.17, 15) is 9.18 Å². The first-order valence-electron chi connectivity index (χ1n) is 8.75. The molecule has 0 fully saturated rings. The maximum atomic E-state index is 13.1. The first-order valence-corrected chi connectivity index (χ1v) is 9.57. The van der Waals surface area contributed by atoms with Crippen LogP contribution in [0.2, 0.25) is 0 Å². The number of fused-ring (bicyclic) bond motifs is 1. The molecule has 1 aromatic carbocycles. The third kappa shape index (κ3) is 3.55. The lowest BCUT2D eigenvalue weighted by atomic mass is 10.2. The van der Waals surface area contributed by atoms with Gasteiger partial charge in [0, 0.05) is 17.6 Å². The van der Waals surface area contributed by atoms with Gasteiger partial charge in [-0.2, -0.15) is 0 Å². The van der Waals surface area contributed by atoms with E-state index >= 15 is 0 Å². The van der Waals surface area contributed by atoms with Gasteiger partial charge in [0.2, 0.25) is 0 Å². The van der Waals surface area contributed by atoms with Gasteiger partial charge in [0.15, 0.2) is 0 Å². The molecule has 0 saturated heterocycles. The third-order valence-electron chi connectivity index (χ3n) is 4.33. The summed E-state index contributed by atoms with van der Waals surface area (Å²) in [5, 5.41) is 0. The summed E-state index contributed by atoms with van der Waals surface area (Å²) >= 11 is 1.38. The number of thiophene rings is 1. The van der Waals surface area contributed by atoms with Gasteiger partial charge in [0.05, 0.1) is 30.4 Å². The van der Waals surface area contributed by atoms with Crippen molar-refractivity contribution in [2.75, 3.05) is 0 Å². The summed E-state index contributed by atoms with van der Waals surface area (Å²) in [6.45, 7) is 5.57. The summed E-state index contributed by atoms with van der Waals surface area (Å²) in [6, 6.07) is 8.14. The number of aromatic nitrogens is 4. The number of benzene rings is 1. The molecule has 138 valence electrons. The Morgan fingerprint density at radius 2 is 1.93 bits per heavy atom. The van der Waals surface area contributed by atoms with Crippen molar-refractivity contribution >= 4 is 21.6 Å². The van der Waals surface area contributed by atoms with Gasteiger partial charge in [-0.15, -0.1) is 11.3 Å². The second-order valence-electron chi connectivity index (χ2n) is 6.94. The maximum Gasteiger partial charge on any atom is 0.271 e. The fourth-order valence-corrected chi connectivity index (χ4v) is 4.09. The summed E-state index contributed by atoms with van der Waals surface area (Å²) in [7, 11) is 0. The average molecular weight is 382 g/mol. The van der Waals surface area contributed by atoms with E-state index in [1.165, 1.54) is 23.5 Å². The largest absolute Gasteiger partial charge is 0.333 e. The highest BCUT2D eigenvalue weighted by molar-refractivity contribution is 7.22. The minimum absolute atomic E-state index is 0.0735. The zero-order valence-corrected chi connectivity index (χ0v) is 15.9. The molecule has 3 heterocycles. The average Bonchev–Trinajstić information content (AvgIpc) is 3.25. The van der Waals surface area contributed by atoms with Crippen molar-refractivity contribution in [1.82, 2.24) is 19.1 Å². The Hall–Kier alpha value is -2.80. The standard InChI is InChI=1S/C20H19FN4OS/c1-13(2)9-24-11-22-8-16(24)10-25-12-23-17-7-18(27-19(17)20(25)26)14-3-5-15(21)6-4-14/h3-8,11-13H,9-10H2,1-2H3. The monoisotopic (exact) mass is 382 g/mol. The third-order valence-corrected chi connectivity index (χ3v) is 5.49. The maximum absolute atomic E-state index is 13.1. The zero-order valence-electron chi connectivity index (χ0n) is 15.1. The number of nitrogens with zero attached hydrogens (tertiary/aromatic N) is 4. The fourth-order valence-electron chi connectivity index (χ4n) is 3.03. The minimum atomic E-state index is -0.279. The van der Waals surface area contributed by atoms with E-state index in [0.717, 1.165) is 22.7 Å². The van der Waals surface area contributed by atoms with Crippen molar-refractivity contribution in [1.29, 1.82) is 0 Å².